The van der Waals surface area contributed by atoms with Crippen molar-refractivity contribution in [1.82, 2.24) is 10.2 Å². The summed E-state index contributed by atoms with van der Waals surface area (Å²) in [6.07, 6.45) is 2.80. The zero-order valence-corrected chi connectivity index (χ0v) is 12.2. The van der Waals surface area contributed by atoms with Crippen molar-refractivity contribution >= 4 is 5.91 Å². The molecule has 4 heteroatoms. The lowest BCUT2D eigenvalue weighted by Crippen LogP contribution is -2.52. The van der Waals surface area contributed by atoms with E-state index in [1.54, 1.807) is 0 Å². The molecule has 1 saturated heterocycles. The van der Waals surface area contributed by atoms with Crippen LogP contribution in [0.5, 0.6) is 0 Å². The molecule has 1 aliphatic heterocycles. The fourth-order valence-electron chi connectivity index (χ4n) is 2.73. The first-order chi connectivity index (χ1) is 9.69. The van der Waals surface area contributed by atoms with Crippen LogP contribution in [-0.2, 0) is 11.2 Å². The van der Waals surface area contributed by atoms with E-state index >= 15 is 0 Å². The molecule has 1 aliphatic rings. The van der Waals surface area contributed by atoms with Gasteiger partial charge < -0.3 is 16.0 Å². The van der Waals surface area contributed by atoms with Crippen LogP contribution in [-0.4, -0.2) is 42.5 Å². The topological polar surface area (TPSA) is 58.4 Å². The maximum Gasteiger partial charge on any atom is 0.237 e. The van der Waals surface area contributed by atoms with Crippen molar-refractivity contribution < 1.29 is 4.79 Å². The van der Waals surface area contributed by atoms with E-state index in [0.29, 0.717) is 6.42 Å². The monoisotopic (exact) mass is 275 g/mol. The van der Waals surface area contributed by atoms with Gasteiger partial charge in [0.05, 0.1) is 6.04 Å². The smallest absolute Gasteiger partial charge is 0.237 e. The first kappa shape index (κ1) is 15.0. The number of piperidine rings is 1. The number of nitrogens with two attached hydrogens (primary N) is 1. The van der Waals surface area contributed by atoms with Gasteiger partial charge in [-0.2, -0.15) is 0 Å². The highest BCUT2D eigenvalue weighted by Crippen LogP contribution is 2.10. The minimum Gasteiger partial charge on any atom is -0.351 e. The van der Waals surface area contributed by atoms with Crippen molar-refractivity contribution in [3.05, 3.63) is 35.9 Å². The molecule has 1 fully saturated rings. The highest BCUT2D eigenvalue weighted by molar-refractivity contribution is 5.82. The van der Waals surface area contributed by atoms with Gasteiger partial charge in [0.15, 0.2) is 0 Å². The molecule has 0 bridgehead atoms. The summed E-state index contributed by atoms with van der Waals surface area (Å²) in [5.41, 5.74) is 7.11. The van der Waals surface area contributed by atoms with Crippen LogP contribution in [0.4, 0.5) is 0 Å². The number of likely N-dealkylation sites (N-methyl/N-ethyl adjacent to an activating group) is 1. The number of nitrogens with one attached hydrogen (secondary N) is 1. The lowest BCUT2D eigenvalue weighted by Gasteiger charge is -2.32. The normalized spacial score (nSPS) is 21.4. The lowest BCUT2D eigenvalue weighted by atomic mass is 10.0. The van der Waals surface area contributed by atoms with Crippen LogP contribution < -0.4 is 11.1 Å². The molecule has 0 spiro atoms. The molecule has 1 heterocycles. The van der Waals surface area contributed by atoms with E-state index < -0.39 is 6.04 Å². The number of hydrogen-bond acceptors (Lipinski definition) is 3. The molecule has 2 atom stereocenters. The second-order valence-corrected chi connectivity index (χ2v) is 5.54. The molecule has 1 aromatic carbocycles. The van der Waals surface area contributed by atoms with Crippen LogP contribution in [0.15, 0.2) is 30.3 Å². The SMILES string of the molecule is CCN1CCCC(NC(=O)C(N)Cc2ccccc2)C1. The number of rotatable bonds is 5. The highest BCUT2D eigenvalue weighted by atomic mass is 16.2. The predicted molar refractivity (Wildman–Crippen MR) is 81.4 cm³/mol. The molecule has 0 aromatic heterocycles. The Labute approximate surface area is 121 Å². The number of nitrogens with zero attached hydrogens (tertiary/aromatic N) is 1. The number of carbonyl (C=O) groups is 1. The summed E-state index contributed by atoms with van der Waals surface area (Å²) < 4.78 is 0. The Balaban J connectivity index is 1.81. The van der Waals surface area contributed by atoms with Crippen LogP contribution >= 0.6 is 0 Å². The standard InChI is InChI=1S/C16H25N3O/c1-2-19-10-6-9-14(12-19)18-16(20)15(17)11-13-7-4-3-5-8-13/h3-5,7-8,14-15H,2,6,9-12,17H2,1H3,(H,18,20). The van der Waals surface area contributed by atoms with Gasteiger partial charge in [-0.1, -0.05) is 37.3 Å². The first-order valence-electron chi connectivity index (χ1n) is 7.51. The van der Waals surface area contributed by atoms with Gasteiger partial charge in [0.1, 0.15) is 0 Å². The van der Waals surface area contributed by atoms with Gasteiger partial charge in [-0.3, -0.25) is 4.79 Å². The number of likely N-dealkylation sites (tertiary alicyclic amines) is 1. The van der Waals surface area contributed by atoms with Crippen molar-refractivity contribution in [2.75, 3.05) is 19.6 Å². The number of hydrogen-bond donors (Lipinski definition) is 2. The Morgan fingerprint density at radius 1 is 1.45 bits per heavy atom. The van der Waals surface area contributed by atoms with Crippen molar-refractivity contribution in [1.29, 1.82) is 0 Å². The number of amides is 1. The summed E-state index contributed by atoms with van der Waals surface area (Å²) in [6.45, 7) is 5.28. The molecule has 20 heavy (non-hydrogen) atoms. The maximum absolute atomic E-state index is 12.2. The van der Waals surface area contributed by atoms with Crippen LogP contribution in [0.1, 0.15) is 25.3 Å². The van der Waals surface area contributed by atoms with E-state index in [9.17, 15) is 4.79 Å². The van der Waals surface area contributed by atoms with Crippen molar-refractivity contribution in [3.8, 4) is 0 Å². The quantitative estimate of drug-likeness (QED) is 0.848. The molecule has 3 N–H and O–H groups in total. The molecule has 110 valence electrons. The van der Waals surface area contributed by atoms with E-state index in [-0.39, 0.29) is 11.9 Å². The summed E-state index contributed by atoms with van der Waals surface area (Å²) in [5.74, 6) is -0.0307. The minimum absolute atomic E-state index is 0.0307. The zero-order valence-electron chi connectivity index (χ0n) is 12.2. The molecule has 4 nitrogen and oxygen atoms in total. The van der Waals surface area contributed by atoms with Gasteiger partial charge >= 0.3 is 0 Å². The van der Waals surface area contributed by atoms with Crippen LogP contribution in [0.3, 0.4) is 0 Å². The summed E-state index contributed by atoms with van der Waals surface area (Å²) in [5, 5.41) is 3.10. The van der Waals surface area contributed by atoms with Gasteiger partial charge in [0.25, 0.3) is 0 Å². The van der Waals surface area contributed by atoms with Crippen LogP contribution in [0, 0.1) is 0 Å². The molecule has 1 aromatic rings. The minimum atomic E-state index is -0.464. The third-order valence-electron chi connectivity index (χ3n) is 3.93. The van der Waals surface area contributed by atoms with Gasteiger partial charge in [0, 0.05) is 12.6 Å². The third kappa shape index (κ3) is 4.32. The van der Waals surface area contributed by atoms with Crippen molar-refractivity contribution in [3.63, 3.8) is 0 Å². The lowest BCUT2D eigenvalue weighted by molar-refractivity contribution is -0.123. The molecule has 0 aliphatic carbocycles. The Kier molecular flexibility index (Phi) is 5.56. The molecule has 0 radical (unpaired) electrons. The molecule has 2 rings (SSSR count). The van der Waals surface area contributed by atoms with E-state index in [1.165, 1.54) is 0 Å². The highest BCUT2D eigenvalue weighted by Gasteiger charge is 2.22. The summed E-state index contributed by atoms with van der Waals surface area (Å²) in [6, 6.07) is 9.71. The van der Waals surface area contributed by atoms with Crippen molar-refractivity contribution in [2.45, 2.75) is 38.3 Å². The van der Waals surface area contributed by atoms with E-state index in [4.69, 9.17) is 5.73 Å². The van der Waals surface area contributed by atoms with Gasteiger partial charge in [-0.15, -0.1) is 0 Å². The van der Waals surface area contributed by atoms with Gasteiger partial charge in [0.2, 0.25) is 5.91 Å². The summed E-state index contributed by atoms with van der Waals surface area (Å²) >= 11 is 0. The predicted octanol–water partition coefficient (Wildman–Crippen LogP) is 1.16. The molecule has 1 amide bonds. The molecular formula is C16H25N3O. The Morgan fingerprint density at radius 2 is 2.20 bits per heavy atom. The first-order valence-corrected chi connectivity index (χ1v) is 7.51. The molecular weight excluding hydrogens is 250 g/mol. The Bertz CT molecular complexity index is 421. The largest absolute Gasteiger partial charge is 0.351 e. The van der Waals surface area contributed by atoms with Crippen LogP contribution in [0.25, 0.3) is 0 Å². The molecule has 0 saturated carbocycles. The summed E-state index contributed by atoms with van der Waals surface area (Å²) in [7, 11) is 0. The third-order valence-corrected chi connectivity index (χ3v) is 3.93. The van der Waals surface area contributed by atoms with E-state index in [2.05, 4.69) is 17.1 Å². The number of benzene rings is 1. The summed E-state index contributed by atoms with van der Waals surface area (Å²) in [4.78, 5) is 14.5. The van der Waals surface area contributed by atoms with Crippen molar-refractivity contribution in [2.24, 2.45) is 5.73 Å². The Morgan fingerprint density at radius 3 is 2.90 bits per heavy atom. The average molecular weight is 275 g/mol. The molecule has 2 unspecified atom stereocenters. The average Bonchev–Trinajstić information content (AvgIpc) is 2.48. The fourth-order valence-corrected chi connectivity index (χ4v) is 2.73. The maximum atomic E-state index is 12.2. The van der Waals surface area contributed by atoms with Gasteiger partial charge in [-0.25, -0.2) is 0 Å². The number of carbonyl (C=O) groups excluding carboxylic acids is 1. The van der Waals surface area contributed by atoms with E-state index in [1.807, 2.05) is 30.3 Å². The fraction of sp³-hybridized carbons (Fsp3) is 0.562. The van der Waals surface area contributed by atoms with Gasteiger partial charge in [-0.05, 0) is 37.9 Å². The second-order valence-electron chi connectivity index (χ2n) is 5.54. The van der Waals surface area contributed by atoms with E-state index in [0.717, 1.165) is 38.0 Å². The zero-order chi connectivity index (χ0) is 14.4. The second kappa shape index (κ2) is 7.41. The van der Waals surface area contributed by atoms with Crippen LogP contribution in [0.2, 0.25) is 0 Å². The Hall–Kier alpha value is -1.39.